The Morgan fingerprint density at radius 2 is 2.31 bits per heavy atom. The van der Waals surface area contributed by atoms with Crippen LogP contribution in [0.15, 0.2) is 22.7 Å². The van der Waals surface area contributed by atoms with Crippen LogP contribution in [0.1, 0.15) is 11.5 Å². The van der Waals surface area contributed by atoms with Gasteiger partial charge in [0, 0.05) is 5.92 Å². The van der Waals surface area contributed by atoms with E-state index >= 15 is 0 Å². The quantitative estimate of drug-likeness (QED) is 0.794. The first kappa shape index (κ1) is 10.5. The Bertz CT molecular complexity index is 288. The summed E-state index contributed by atoms with van der Waals surface area (Å²) in [7, 11) is 1.58. The number of methoxy groups -OCH3 is 1. The van der Waals surface area contributed by atoms with Gasteiger partial charge in [-0.15, -0.1) is 0 Å². The van der Waals surface area contributed by atoms with Gasteiger partial charge in [0.05, 0.1) is 18.3 Å². The first-order valence-corrected chi connectivity index (χ1v) is 4.71. The summed E-state index contributed by atoms with van der Waals surface area (Å²) >= 11 is 3.35. The highest BCUT2D eigenvalue weighted by Crippen LogP contribution is 2.32. The van der Waals surface area contributed by atoms with E-state index in [1.54, 1.807) is 7.11 Å². The molecule has 1 rings (SSSR count). The maximum Gasteiger partial charge on any atom is 0.133 e. The van der Waals surface area contributed by atoms with Gasteiger partial charge < -0.3 is 4.74 Å². The van der Waals surface area contributed by atoms with Crippen molar-refractivity contribution in [1.29, 1.82) is 0 Å². The molecule has 0 fully saturated rings. The lowest BCUT2D eigenvalue weighted by molar-refractivity contribution is 0.409. The van der Waals surface area contributed by atoms with E-state index in [1.807, 2.05) is 18.2 Å². The zero-order valence-corrected chi connectivity index (χ0v) is 8.97. The average molecular weight is 246 g/mol. The molecule has 1 aromatic rings. The third-order valence-electron chi connectivity index (χ3n) is 1.84. The minimum atomic E-state index is -0.467. The molecule has 0 N–H and O–H groups in total. The summed E-state index contributed by atoms with van der Waals surface area (Å²) in [6.45, 7) is 3.24. The molecule has 0 heterocycles. The molecule has 1 nitrogen and oxygen atoms in total. The minimum absolute atomic E-state index is 0.343. The second-order valence-corrected chi connectivity index (χ2v) is 3.51. The SMILES string of the molecule is [CH2]C(CF)c1cccc(OC)c1Br. The zero-order valence-electron chi connectivity index (χ0n) is 7.39. The van der Waals surface area contributed by atoms with Crippen molar-refractivity contribution in [2.24, 2.45) is 0 Å². The Labute approximate surface area is 86.0 Å². The number of rotatable bonds is 3. The topological polar surface area (TPSA) is 9.23 Å². The van der Waals surface area contributed by atoms with Crippen molar-refractivity contribution in [1.82, 2.24) is 0 Å². The van der Waals surface area contributed by atoms with Gasteiger partial charge in [0.15, 0.2) is 0 Å². The lowest BCUT2D eigenvalue weighted by Crippen LogP contribution is -1.98. The highest BCUT2D eigenvalue weighted by atomic mass is 79.9. The Balaban J connectivity index is 3.08. The number of benzene rings is 1. The Hall–Kier alpha value is -0.570. The van der Waals surface area contributed by atoms with Gasteiger partial charge in [-0.3, -0.25) is 4.39 Å². The molecule has 0 saturated carbocycles. The summed E-state index contributed by atoms with van der Waals surface area (Å²) in [5, 5.41) is 0. The largest absolute Gasteiger partial charge is 0.496 e. The molecule has 0 aliphatic rings. The molecule has 1 aromatic carbocycles. The van der Waals surface area contributed by atoms with E-state index in [0.29, 0.717) is 5.75 Å². The van der Waals surface area contributed by atoms with Gasteiger partial charge in [-0.2, -0.15) is 0 Å². The molecule has 13 heavy (non-hydrogen) atoms. The van der Waals surface area contributed by atoms with Crippen LogP contribution in [0.3, 0.4) is 0 Å². The molecular weight excluding hydrogens is 235 g/mol. The summed E-state index contributed by atoms with van der Waals surface area (Å²) in [4.78, 5) is 0. The minimum Gasteiger partial charge on any atom is -0.496 e. The van der Waals surface area contributed by atoms with Crippen molar-refractivity contribution in [2.45, 2.75) is 5.92 Å². The first-order chi connectivity index (χ1) is 6.20. The Morgan fingerprint density at radius 3 is 2.85 bits per heavy atom. The summed E-state index contributed by atoms with van der Waals surface area (Å²) in [6, 6.07) is 5.48. The second kappa shape index (κ2) is 4.61. The number of hydrogen-bond donors (Lipinski definition) is 0. The summed E-state index contributed by atoms with van der Waals surface area (Å²) < 4.78 is 18.2. The molecule has 0 bridgehead atoms. The van der Waals surface area contributed by atoms with Crippen LogP contribution in [0, 0.1) is 6.92 Å². The normalized spacial score (nSPS) is 12.6. The van der Waals surface area contributed by atoms with Gasteiger partial charge in [-0.25, -0.2) is 0 Å². The van der Waals surface area contributed by atoms with Crippen LogP contribution in [0.4, 0.5) is 4.39 Å². The monoisotopic (exact) mass is 245 g/mol. The smallest absolute Gasteiger partial charge is 0.133 e. The molecule has 0 aliphatic heterocycles. The van der Waals surface area contributed by atoms with E-state index in [1.165, 1.54) is 0 Å². The molecule has 71 valence electrons. The lowest BCUT2D eigenvalue weighted by atomic mass is 10.0. The molecule has 3 heteroatoms. The third-order valence-corrected chi connectivity index (χ3v) is 2.69. The number of hydrogen-bond acceptors (Lipinski definition) is 1. The van der Waals surface area contributed by atoms with Gasteiger partial charge in [0.2, 0.25) is 0 Å². The van der Waals surface area contributed by atoms with Gasteiger partial charge in [0.1, 0.15) is 5.75 Å². The van der Waals surface area contributed by atoms with Crippen molar-refractivity contribution in [3.8, 4) is 5.75 Å². The van der Waals surface area contributed by atoms with Crippen LogP contribution < -0.4 is 4.74 Å². The van der Waals surface area contributed by atoms with E-state index in [9.17, 15) is 4.39 Å². The molecular formula is C10H11BrFO. The second-order valence-electron chi connectivity index (χ2n) is 2.71. The van der Waals surface area contributed by atoms with Crippen LogP contribution in [0.25, 0.3) is 0 Å². The average Bonchev–Trinajstić information content (AvgIpc) is 2.17. The Morgan fingerprint density at radius 1 is 1.62 bits per heavy atom. The van der Waals surface area contributed by atoms with Gasteiger partial charge in [-0.1, -0.05) is 12.1 Å². The molecule has 0 aromatic heterocycles. The molecule has 0 saturated heterocycles. The fourth-order valence-corrected chi connectivity index (χ4v) is 1.83. The molecule has 0 amide bonds. The van der Waals surface area contributed by atoms with Crippen LogP contribution >= 0.6 is 15.9 Å². The third kappa shape index (κ3) is 2.21. The maximum atomic E-state index is 12.4. The van der Waals surface area contributed by atoms with Crippen molar-refractivity contribution >= 4 is 15.9 Å². The fourth-order valence-electron chi connectivity index (χ4n) is 1.08. The van der Waals surface area contributed by atoms with E-state index in [4.69, 9.17) is 4.74 Å². The summed E-state index contributed by atoms with van der Waals surface area (Å²) in [5.74, 6) is 0.365. The predicted octanol–water partition coefficient (Wildman–Crippen LogP) is 3.34. The maximum absolute atomic E-state index is 12.4. The predicted molar refractivity (Wildman–Crippen MR) is 54.8 cm³/mol. The lowest BCUT2D eigenvalue weighted by Gasteiger charge is -2.12. The van der Waals surface area contributed by atoms with Crippen molar-refractivity contribution < 1.29 is 9.13 Å². The molecule has 1 radical (unpaired) electrons. The van der Waals surface area contributed by atoms with Crippen LogP contribution in [0.5, 0.6) is 5.75 Å². The van der Waals surface area contributed by atoms with Crippen LogP contribution in [0.2, 0.25) is 0 Å². The van der Waals surface area contributed by atoms with Gasteiger partial charge in [-0.05, 0) is 34.5 Å². The summed E-state index contributed by atoms with van der Waals surface area (Å²) in [6.07, 6.45) is 0. The van der Waals surface area contributed by atoms with Crippen LogP contribution in [-0.4, -0.2) is 13.8 Å². The van der Waals surface area contributed by atoms with Crippen molar-refractivity contribution in [2.75, 3.05) is 13.8 Å². The van der Waals surface area contributed by atoms with E-state index < -0.39 is 6.67 Å². The van der Waals surface area contributed by atoms with E-state index in [2.05, 4.69) is 22.9 Å². The fraction of sp³-hybridized carbons (Fsp3) is 0.300. The van der Waals surface area contributed by atoms with Gasteiger partial charge in [0.25, 0.3) is 0 Å². The molecule has 0 aliphatic carbocycles. The molecule has 0 spiro atoms. The summed E-state index contributed by atoms with van der Waals surface area (Å²) in [5.41, 5.74) is 0.835. The standard InChI is InChI=1S/C10H11BrFO/c1-7(6-12)8-4-3-5-9(13-2)10(8)11/h3-5,7H,1,6H2,2H3. The molecule has 1 atom stereocenters. The highest BCUT2D eigenvalue weighted by Gasteiger charge is 2.11. The highest BCUT2D eigenvalue weighted by molar-refractivity contribution is 9.10. The van der Waals surface area contributed by atoms with E-state index in [-0.39, 0.29) is 5.92 Å². The van der Waals surface area contributed by atoms with Gasteiger partial charge >= 0.3 is 0 Å². The first-order valence-electron chi connectivity index (χ1n) is 3.92. The van der Waals surface area contributed by atoms with Crippen molar-refractivity contribution in [3.63, 3.8) is 0 Å². The Kier molecular flexibility index (Phi) is 3.72. The van der Waals surface area contributed by atoms with Crippen LogP contribution in [-0.2, 0) is 0 Å². The van der Waals surface area contributed by atoms with Crippen molar-refractivity contribution in [3.05, 3.63) is 35.2 Å². The number of alkyl halides is 1. The molecule has 1 unspecified atom stereocenters. The van der Waals surface area contributed by atoms with E-state index in [0.717, 1.165) is 10.0 Å². The number of ether oxygens (including phenoxy) is 1. The number of halogens is 2. The zero-order chi connectivity index (χ0) is 9.84.